The molecule has 0 aliphatic carbocycles. The lowest BCUT2D eigenvalue weighted by Crippen LogP contribution is -2.31. The van der Waals surface area contributed by atoms with Crippen LogP contribution in [0.15, 0.2) is 18.2 Å². The Bertz CT molecular complexity index is 523. The van der Waals surface area contributed by atoms with Crippen molar-refractivity contribution in [1.29, 1.82) is 0 Å². The molecule has 3 heterocycles. The van der Waals surface area contributed by atoms with Gasteiger partial charge in [0.05, 0.1) is 13.2 Å². The molecule has 5 heteroatoms. The molecule has 4 nitrogen and oxygen atoms in total. The summed E-state index contributed by atoms with van der Waals surface area (Å²) in [6, 6.07) is 5.99. The van der Waals surface area contributed by atoms with Crippen molar-refractivity contribution in [2.24, 2.45) is 11.8 Å². The summed E-state index contributed by atoms with van der Waals surface area (Å²) in [5.41, 5.74) is 3.21. The first-order chi connectivity index (χ1) is 9.31. The maximum absolute atomic E-state index is 12.5. The van der Waals surface area contributed by atoms with Crippen LogP contribution in [0.5, 0.6) is 0 Å². The Hall–Kier alpha value is -1.10. The van der Waals surface area contributed by atoms with Gasteiger partial charge in [-0.15, -0.1) is 12.4 Å². The number of ether oxygens (including phenoxy) is 1. The predicted molar refractivity (Wildman–Crippen MR) is 77.9 cm³/mol. The van der Waals surface area contributed by atoms with E-state index in [4.69, 9.17) is 4.74 Å². The van der Waals surface area contributed by atoms with E-state index in [1.807, 2.05) is 23.1 Å². The molecule has 108 valence electrons. The Morgan fingerprint density at radius 3 is 2.60 bits per heavy atom. The third-order valence-electron chi connectivity index (χ3n) is 4.65. The second-order valence-corrected chi connectivity index (χ2v) is 5.86. The van der Waals surface area contributed by atoms with Gasteiger partial charge in [0.25, 0.3) is 5.91 Å². The van der Waals surface area contributed by atoms with Crippen LogP contribution in [0.1, 0.15) is 21.5 Å². The van der Waals surface area contributed by atoms with E-state index < -0.39 is 0 Å². The van der Waals surface area contributed by atoms with Crippen molar-refractivity contribution in [3.63, 3.8) is 0 Å². The standard InChI is InChI=1S/C15H18N2O2.ClH/c18-15(17-6-13-4-16-5-14(13)7-17)10-1-2-11-8-19-9-12(11)3-10;/h1-3,13-14,16H,4-9H2;1H/t13-,14+;. The van der Waals surface area contributed by atoms with E-state index in [9.17, 15) is 4.79 Å². The first-order valence-electron chi connectivity index (χ1n) is 7.01. The van der Waals surface area contributed by atoms with Crippen molar-refractivity contribution in [2.45, 2.75) is 13.2 Å². The molecular formula is C15H19ClN2O2. The number of likely N-dealkylation sites (tertiary alicyclic amines) is 1. The van der Waals surface area contributed by atoms with Gasteiger partial charge >= 0.3 is 0 Å². The van der Waals surface area contributed by atoms with Gasteiger partial charge < -0.3 is 15.0 Å². The summed E-state index contributed by atoms with van der Waals surface area (Å²) in [7, 11) is 0. The smallest absolute Gasteiger partial charge is 0.253 e. The van der Waals surface area contributed by atoms with Crippen LogP contribution < -0.4 is 5.32 Å². The lowest BCUT2D eigenvalue weighted by molar-refractivity contribution is 0.0781. The van der Waals surface area contributed by atoms with Crippen molar-refractivity contribution in [2.75, 3.05) is 26.2 Å². The van der Waals surface area contributed by atoms with Gasteiger partial charge in [-0.05, 0) is 35.1 Å². The minimum absolute atomic E-state index is 0. The molecule has 1 amide bonds. The van der Waals surface area contributed by atoms with Crippen LogP contribution in [0.3, 0.4) is 0 Å². The predicted octanol–water partition coefficient (Wildman–Crippen LogP) is 1.43. The van der Waals surface area contributed by atoms with Gasteiger partial charge in [0.1, 0.15) is 0 Å². The summed E-state index contributed by atoms with van der Waals surface area (Å²) in [4.78, 5) is 14.6. The monoisotopic (exact) mass is 294 g/mol. The molecule has 4 rings (SSSR count). The van der Waals surface area contributed by atoms with E-state index in [0.29, 0.717) is 25.0 Å². The van der Waals surface area contributed by atoms with Gasteiger partial charge in [0, 0.05) is 31.7 Å². The SMILES string of the molecule is Cl.O=C(c1ccc2c(c1)COC2)N1C[C@H]2CNC[C@H]2C1. The van der Waals surface area contributed by atoms with E-state index in [1.165, 1.54) is 11.1 Å². The Morgan fingerprint density at radius 2 is 1.85 bits per heavy atom. The quantitative estimate of drug-likeness (QED) is 0.852. The molecule has 0 bridgehead atoms. The maximum atomic E-state index is 12.5. The molecule has 1 aromatic carbocycles. The summed E-state index contributed by atoms with van der Waals surface area (Å²) < 4.78 is 5.40. The van der Waals surface area contributed by atoms with E-state index in [2.05, 4.69) is 5.32 Å². The average Bonchev–Trinajstić information content (AvgIpc) is 3.11. The molecule has 2 fully saturated rings. The zero-order valence-electron chi connectivity index (χ0n) is 11.3. The van der Waals surface area contributed by atoms with Crippen molar-refractivity contribution < 1.29 is 9.53 Å². The normalized spacial score (nSPS) is 27.1. The molecule has 3 aliphatic rings. The Labute approximate surface area is 124 Å². The zero-order chi connectivity index (χ0) is 12.8. The third-order valence-corrected chi connectivity index (χ3v) is 4.65. The number of nitrogens with zero attached hydrogens (tertiary/aromatic N) is 1. The third kappa shape index (κ3) is 2.22. The highest BCUT2D eigenvalue weighted by Gasteiger charge is 2.38. The number of halogens is 1. The number of hydrogen-bond donors (Lipinski definition) is 1. The molecule has 2 saturated heterocycles. The molecule has 1 N–H and O–H groups in total. The summed E-state index contributed by atoms with van der Waals surface area (Å²) in [5.74, 6) is 1.49. The number of nitrogens with one attached hydrogen (secondary N) is 1. The maximum Gasteiger partial charge on any atom is 0.253 e. The first-order valence-corrected chi connectivity index (χ1v) is 7.01. The molecule has 2 atom stereocenters. The fraction of sp³-hybridized carbons (Fsp3) is 0.533. The molecule has 3 aliphatic heterocycles. The number of carbonyl (C=O) groups excluding carboxylic acids is 1. The van der Waals surface area contributed by atoms with Gasteiger partial charge in [0.15, 0.2) is 0 Å². The Kier molecular flexibility index (Phi) is 3.71. The molecule has 0 radical (unpaired) electrons. The Balaban J connectivity index is 0.00000121. The highest BCUT2D eigenvalue weighted by molar-refractivity contribution is 5.94. The van der Waals surface area contributed by atoms with Crippen LogP contribution in [0.4, 0.5) is 0 Å². The fourth-order valence-corrected chi connectivity index (χ4v) is 3.51. The lowest BCUT2D eigenvalue weighted by atomic mass is 10.0. The highest BCUT2D eigenvalue weighted by atomic mass is 35.5. The van der Waals surface area contributed by atoms with Gasteiger partial charge in [-0.2, -0.15) is 0 Å². The highest BCUT2D eigenvalue weighted by Crippen LogP contribution is 2.28. The summed E-state index contributed by atoms with van der Waals surface area (Å²) >= 11 is 0. The molecule has 0 spiro atoms. The number of benzene rings is 1. The number of rotatable bonds is 1. The number of hydrogen-bond acceptors (Lipinski definition) is 3. The van der Waals surface area contributed by atoms with Crippen LogP contribution in [0.2, 0.25) is 0 Å². The van der Waals surface area contributed by atoms with Crippen molar-refractivity contribution in [3.8, 4) is 0 Å². The van der Waals surface area contributed by atoms with E-state index in [-0.39, 0.29) is 18.3 Å². The first kappa shape index (κ1) is 13.9. The topological polar surface area (TPSA) is 41.6 Å². The lowest BCUT2D eigenvalue weighted by Gasteiger charge is -2.18. The molecule has 20 heavy (non-hydrogen) atoms. The van der Waals surface area contributed by atoms with Crippen molar-refractivity contribution in [1.82, 2.24) is 10.2 Å². The second-order valence-electron chi connectivity index (χ2n) is 5.86. The van der Waals surface area contributed by atoms with Crippen molar-refractivity contribution in [3.05, 3.63) is 34.9 Å². The number of carbonyl (C=O) groups is 1. The minimum atomic E-state index is 0. The summed E-state index contributed by atoms with van der Waals surface area (Å²) in [6.45, 7) is 5.27. The number of fused-ring (bicyclic) bond motifs is 2. The van der Waals surface area contributed by atoms with Crippen LogP contribution in [-0.2, 0) is 18.0 Å². The summed E-state index contributed by atoms with van der Waals surface area (Å²) in [5, 5.41) is 3.40. The van der Waals surface area contributed by atoms with E-state index >= 15 is 0 Å². The van der Waals surface area contributed by atoms with E-state index in [1.54, 1.807) is 0 Å². The minimum Gasteiger partial charge on any atom is -0.372 e. The van der Waals surface area contributed by atoms with E-state index in [0.717, 1.165) is 31.7 Å². The van der Waals surface area contributed by atoms with Gasteiger partial charge in [-0.3, -0.25) is 4.79 Å². The fourth-order valence-electron chi connectivity index (χ4n) is 3.51. The molecule has 0 unspecified atom stereocenters. The Morgan fingerprint density at radius 1 is 1.15 bits per heavy atom. The largest absolute Gasteiger partial charge is 0.372 e. The molecule has 1 aromatic rings. The molecule has 0 aromatic heterocycles. The van der Waals surface area contributed by atoms with Crippen molar-refractivity contribution >= 4 is 18.3 Å². The van der Waals surface area contributed by atoms with Crippen LogP contribution >= 0.6 is 12.4 Å². The zero-order valence-corrected chi connectivity index (χ0v) is 12.1. The van der Waals surface area contributed by atoms with Gasteiger partial charge in [-0.1, -0.05) is 6.07 Å². The molecule has 0 saturated carbocycles. The molecular weight excluding hydrogens is 276 g/mol. The van der Waals surface area contributed by atoms with Crippen LogP contribution in [0.25, 0.3) is 0 Å². The average molecular weight is 295 g/mol. The van der Waals surface area contributed by atoms with Crippen LogP contribution in [0, 0.1) is 11.8 Å². The van der Waals surface area contributed by atoms with Gasteiger partial charge in [0.2, 0.25) is 0 Å². The van der Waals surface area contributed by atoms with Gasteiger partial charge in [-0.25, -0.2) is 0 Å². The summed E-state index contributed by atoms with van der Waals surface area (Å²) in [6.07, 6.45) is 0. The second kappa shape index (κ2) is 5.35. The van der Waals surface area contributed by atoms with Crippen LogP contribution in [-0.4, -0.2) is 37.0 Å². The number of amides is 1.